The molecule has 11 rings (SSSR count). The van der Waals surface area contributed by atoms with Crippen molar-refractivity contribution < 1.29 is 4.42 Å². The third kappa shape index (κ3) is 4.71. The molecule has 0 aliphatic carbocycles. The fourth-order valence-electron chi connectivity index (χ4n) is 8.29. The van der Waals surface area contributed by atoms with Crippen LogP contribution in [0.2, 0.25) is 0 Å². The van der Waals surface area contributed by atoms with Gasteiger partial charge in [0.1, 0.15) is 11.2 Å². The Bertz CT molecular complexity index is 3180. The summed E-state index contributed by atoms with van der Waals surface area (Å²) in [6.07, 6.45) is 0. The van der Waals surface area contributed by atoms with Gasteiger partial charge in [-0.3, -0.25) is 0 Å². The van der Waals surface area contributed by atoms with E-state index in [-0.39, 0.29) is 0 Å². The van der Waals surface area contributed by atoms with Gasteiger partial charge in [0, 0.05) is 53.0 Å². The quantitative estimate of drug-likeness (QED) is 0.178. The number of hydrogen-bond donors (Lipinski definition) is 0. The number of thiophene rings is 1. The van der Waals surface area contributed by atoms with Crippen LogP contribution >= 0.6 is 11.3 Å². The van der Waals surface area contributed by atoms with Crippen LogP contribution in [0.15, 0.2) is 192 Å². The van der Waals surface area contributed by atoms with E-state index in [1.54, 1.807) is 0 Å². The van der Waals surface area contributed by atoms with Crippen LogP contribution in [-0.2, 0) is 0 Å². The van der Waals surface area contributed by atoms with E-state index in [0.29, 0.717) is 0 Å². The maximum absolute atomic E-state index is 6.55. The highest BCUT2D eigenvalue weighted by Gasteiger charge is 2.22. The Morgan fingerprint density at radius 3 is 1.89 bits per heavy atom. The van der Waals surface area contributed by atoms with Crippen molar-refractivity contribution in [2.45, 2.75) is 0 Å². The molecule has 0 radical (unpaired) electrons. The van der Waals surface area contributed by atoms with Gasteiger partial charge in [-0.2, -0.15) is 0 Å². The summed E-state index contributed by atoms with van der Waals surface area (Å²) < 4.78 is 9.15. The first-order valence-electron chi connectivity index (χ1n) is 18.0. The molecular weight excluding hydrogens is 663 g/mol. The van der Waals surface area contributed by atoms with Crippen LogP contribution in [0.1, 0.15) is 0 Å². The molecule has 0 aliphatic heterocycles. The molecule has 2 nitrogen and oxygen atoms in total. The van der Waals surface area contributed by atoms with Crippen molar-refractivity contribution >= 4 is 92.1 Å². The first-order chi connectivity index (χ1) is 26.3. The Morgan fingerprint density at radius 2 is 1.00 bits per heavy atom. The van der Waals surface area contributed by atoms with Gasteiger partial charge in [-0.1, -0.05) is 140 Å². The lowest BCUT2D eigenvalue weighted by molar-refractivity contribution is 0.673. The maximum atomic E-state index is 6.55. The molecule has 0 N–H and O–H groups in total. The number of fused-ring (bicyclic) bond motifs is 9. The number of rotatable bonds is 5. The molecular formula is C50H31NOS. The number of furan rings is 1. The summed E-state index contributed by atoms with van der Waals surface area (Å²) >= 11 is 1.86. The standard InChI is InChI=1S/C50H31NOS/c1-3-15-36-32(12-1)14-9-22-43(36)51(44-21-7-5-17-39(44)40-20-11-25-47-49(40)41-18-6-8-24-46(41)53-47)35-29-26-34(27-30-35)37-19-10-23-45-48(37)42-31-28-33-13-2-4-16-38(33)50(42)52-45/h1-31H. The fourth-order valence-corrected chi connectivity index (χ4v) is 9.42. The van der Waals surface area contributed by atoms with Gasteiger partial charge in [-0.15, -0.1) is 11.3 Å². The van der Waals surface area contributed by atoms with Crippen LogP contribution in [0.3, 0.4) is 0 Å². The summed E-state index contributed by atoms with van der Waals surface area (Å²) in [4.78, 5) is 2.44. The number of benzene rings is 9. The van der Waals surface area contributed by atoms with E-state index < -0.39 is 0 Å². The monoisotopic (exact) mass is 693 g/mol. The van der Waals surface area contributed by atoms with E-state index in [9.17, 15) is 0 Å². The summed E-state index contributed by atoms with van der Waals surface area (Å²) in [6.45, 7) is 0. The Balaban J connectivity index is 1.12. The van der Waals surface area contributed by atoms with Crippen LogP contribution in [0.5, 0.6) is 0 Å². The normalized spacial score (nSPS) is 11.8. The number of hydrogen-bond acceptors (Lipinski definition) is 3. The lowest BCUT2D eigenvalue weighted by atomic mass is 9.96. The second kappa shape index (κ2) is 11.9. The van der Waals surface area contributed by atoms with Gasteiger partial charge in [0.25, 0.3) is 0 Å². The van der Waals surface area contributed by atoms with Gasteiger partial charge < -0.3 is 9.32 Å². The van der Waals surface area contributed by atoms with Crippen LogP contribution in [-0.4, -0.2) is 0 Å². The van der Waals surface area contributed by atoms with E-state index in [1.807, 2.05) is 11.3 Å². The molecule has 0 bridgehead atoms. The van der Waals surface area contributed by atoms with Crippen molar-refractivity contribution in [2.24, 2.45) is 0 Å². The Hall–Kier alpha value is -6.68. The highest BCUT2D eigenvalue weighted by atomic mass is 32.1. The van der Waals surface area contributed by atoms with Gasteiger partial charge in [-0.05, 0) is 76.0 Å². The molecule has 0 atom stereocenters. The molecule has 0 aliphatic rings. The third-order valence-electron chi connectivity index (χ3n) is 10.7. The van der Waals surface area contributed by atoms with Crippen molar-refractivity contribution in [3.05, 3.63) is 188 Å². The van der Waals surface area contributed by atoms with E-state index in [4.69, 9.17) is 4.42 Å². The average molecular weight is 694 g/mol. The summed E-state index contributed by atoms with van der Waals surface area (Å²) in [6, 6.07) is 68.0. The van der Waals surface area contributed by atoms with Gasteiger partial charge in [0.2, 0.25) is 0 Å². The van der Waals surface area contributed by atoms with Crippen molar-refractivity contribution in [3.63, 3.8) is 0 Å². The maximum Gasteiger partial charge on any atom is 0.143 e. The fraction of sp³-hybridized carbons (Fsp3) is 0. The molecule has 0 saturated carbocycles. The van der Waals surface area contributed by atoms with E-state index in [1.165, 1.54) is 47.5 Å². The minimum Gasteiger partial charge on any atom is -0.455 e. The Morgan fingerprint density at radius 1 is 0.377 bits per heavy atom. The molecule has 3 heteroatoms. The summed E-state index contributed by atoms with van der Waals surface area (Å²) in [5.41, 5.74) is 9.95. The van der Waals surface area contributed by atoms with E-state index >= 15 is 0 Å². The molecule has 53 heavy (non-hydrogen) atoms. The van der Waals surface area contributed by atoms with Crippen molar-refractivity contribution in [3.8, 4) is 22.3 Å². The van der Waals surface area contributed by atoms with Crippen molar-refractivity contribution in [1.82, 2.24) is 0 Å². The zero-order valence-electron chi connectivity index (χ0n) is 28.7. The Labute approximate surface area is 310 Å². The van der Waals surface area contributed by atoms with Gasteiger partial charge in [0.15, 0.2) is 0 Å². The smallest absolute Gasteiger partial charge is 0.143 e. The zero-order chi connectivity index (χ0) is 34.9. The molecule has 0 spiro atoms. The molecule has 2 heterocycles. The van der Waals surface area contributed by atoms with Gasteiger partial charge in [0.05, 0.1) is 11.4 Å². The van der Waals surface area contributed by atoms with Crippen LogP contribution < -0.4 is 4.90 Å². The summed E-state index contributed by atoms with van der Waals surface area (Å²) in [5.74, 6) is 0. The summed E-state index contributed by atoms with van der Waals surface area (Å²) in [5, 5.41) is 9.62. The number of nitrogens with zero attached hydrogens (tertiary/aromatic N) is 1. The Kier molecular flexibility index (Phi) is 6.76. The minimum absolute atomic E-state index is 0.902. The average Bonchev–Trinajstić information content (AvgIpc) is 3.81. The van der Waals surface area contributed by atoms with Crippen molar-refractivity contribution in [1.29, 1.82) is 0 Å². The highest BCUT2D eigenvalue weighted by molar-refractivity contribution is 7.25. The predicted octanol–water partition coefficient (Wildman–Crippen LogP) is 15.1. The van der Waals surface area contributed by atoms with Crippen LogP contribution in [0.4, 0.5) is 17.1 Å². The first kappa shape index (κ1) is 30.0. The third-order valence-corrected chi connectivity index (χ3v) is 11.8. The second-order valence-corrected chi connectivity index (χ2v) is 14.7. The van der Waals surface area contributed by atoms with E-state index in [2.05, 4.69) is 193 Å². The molecule has 0 saturated heterocycles. The molecule has 9 aromatic carbocycles. The topological polar surface area (TPSA) is 16.4 Å². The number of para-hydroxylation sites is 1. The number of anilines is 3. The van der Waals surface area contributed by atoms with Crippen molar-refractivity contribution in [2.75, 3.05) is 4.90 Å². The molecule has 0 fully saturated rings. The molecule has 2 aromatic heterocycles. The molecule has 248 valence electrons. The largest absolute Gasteiger partial charge is 0.455 e. The van der Waals surface area contributed by atoms with Gasteiger partial charge in [-0.25, -0.2) is 0 Å². The van der Waals surface area contributed by atoms with Crippen LogP contribution in [0, 0.1) is 0 Å². The molecule has 11 aromatic rings. The molecule has 0 amide bonds. The first-order valence-corrected chi connectivity index (χ1v) is 18.8. The van der Waals surface area contributed by atoms with Crippen LogP contribution in [0.25, 0.3) is 85.9 Å². The summed E-state index contributed by atoms with van der Waals surface area (Å²) in [7, 11) is 0. The second-order valence-electron chi connectivity index (χ2n) is 13.6. The lowest BCUT2D eigenvalue weighted by Crippen LogP contribution is -2.11. The highest BCUT2D eigenvalue weighted by Crippen LogP contribution is 2.48. The predicted molar refractivity (Wildman–Crippen MR) is 227 cm³/mol. The minimum atomic E-state index is 0.902. The lowest BCUT2D eigenvalue weighted by Gasteiger charge is -2.29. The van der Waals surface area contributed by atoms with Gasteiger partial charge >= 0.3 is 0 Å². The SMILES string of the molecule is c1ccc(N(c2ccc(-c3cccc4oc5c6ccccc6ccc5c34)cc2)c2cccc3ccccc23)c(-c2cccc3sc4ccccc4c23)c1. The zero-order valence-corrected chi connectivity index (χ0v) is 29.5. The van der Waals surface area contributed by atoms with E-state index in [0.717, 1.165) is 55.5 Å². The molecule has 0 unspecified atom stereocenters.